The Hall–Kier alpha value is -3.04. The number of fused-ring (bicyclic) bond motifs is 2. The first kappa shape index (κ1) is 20.8. The minimum absolute atomic E-state index is 0.0560. The molecule has 2 aromatic heterocycles. The van der Waals surface area contributed by atoms with Gasteiger partial charge in [0.15, 0.2) is 11.5 Å². The normalized spacial score (nSPS) is 15.8. The number of methoxy groups -OCH3 is 1. The summed E-state index contributed by atoms with van der Waals surface area (Å²) in [6.45, 7) is 4.46. The number of carbonyl (C=O) groups excluding carboxylic acids is 1. The van der Waals surface area contributed by atoms with Crippen LogP contribution in [0.3, 0.4) is 0 Å². The molecule has 0 spiro atoms. The third-order valence-electron chi connectivity index (χ3n) is 5.26. The molecule has 7 nitrogen and oxygen atoms in total. The highest BCUT2D eigenvalue weighted by atomic mass is 32.2. The Kier molecular flexibility index (Phi) is 5.52. The van der Waals surface area contributed by atoms with Gasteiger partial charge in [-0.15, -0.1) is 11.8 Å². The number of para-hydroxylation sites is 1. The van der Waals surface area contributed by atoms with Crippen molar-refractivity contribution < 1.29 is 14.3 Å². The van der Waals surface area contributed by atoms with Crippen molar-refractivity contribution in [3.05, 3.63) is 59.3 Å². The van der Waals surface area contributed by atoms with E-state index in [2.05, 4.69) is 5.32 Å². The molecule has 0 fully saturated rings. The Morgan fingerprint density at radius 3 is 2.84 bits per heavy atom. The summed E-state index contributed by atoms with van der Waals surface area (Å²) < 4.78 is 14.1. The van der Waals surface area contributed by atoms with Crippen LogP contribution in [0.15, 0.2) is 42.5 Å². The fourth-order valence-corrected chi connectivity index (χ4v) is 5.96. The second-order valence-electron chi connectivity index (χ2n) is 7.31. The standard InChI is InChI=1S/C23H22N4O3S2/c1-4-30-17-11-14(9-10-16(17)29-3)21-20-13(2)26-27(22(20)25-19(28)12-31-21)23-24-15-7-5-6-8-18(15)32-23/h5-11,21H,4,12H2,1-3H3,(H,25,28). The average Bonchev–Trinajstić information content (AvgIpc) is 3.30. The summed E-state index contributed by atoms with van der Waals surface area (Å²) in [6.07, 6.45) is 0. The molecule has 0 aliphatic carbocycles. The van der Waals surface area contributed by atoms with Gasteiger partial charge >= 0.3 is 0 Å². The van der Waals surface area contributed by atoms with Crippen LogP contribution in [-0.4, -0.2) is 40.1 Å². The zero-order chi connectivity index (χ0) is 22.2. The van der Waals surface area contributed by atoms with Crippen LogP contribution in [0.2, 0.25) is 0 Å². The van der Waals surface area contributed by atoms with Crippen LogP contribution in [0.4, 0.5) is 5.82 Å². The smallest absolute Gasteiger partial charge is 0.235 e. The van der Waals surface area contributed by atoms with E-state index in [0.29, 0.717) is 29.7 Å². The number of anilines is 1. The summed E-state index contributed by atoms with van der Waals surface area (Å²) in [4.78, 5) is 17.4. The molecule has 9 heteroatoms. The lowest BCUT2D eigenvalue weighted by Crippen LogP contribution is -2.15. The molecule has 0 saturated carbocycles. The van der Waals surface area contributed by atoms with E-state index in [9.17, 15) is 4.79 Å². The van der Waals surface area contributed by atoms with Gasteiger partial charge in [-0.2, -0.15) is 9.78 Å². The van der Waals surface area contributed by atoms with Crippen molar-refractivity contribution in [2.45, 2.75) is 19.1 Å². The van der Waals surface area contributed by atoms with Crippen LogP contribution in [0.5, 0.6) is 11.5 Å². The third kappa shape index (κ3) is 3.61. The van der Waals surface area contributed by atoms with Crippen molar-refractivity contribution in [1.82, 2.24) is 14.8 Å². The molecule has 1 unspecified atom stereocenters. The highest BCUT2D eigenvalue weighted by Crippen LogP contribution is 2.46. The molecule has 0 saturated heterocycles. The number of thiazole rings is 1. The van der Waals surface area contributed by atoms with Crippen LogP contribution in [0.25, 0.3) is 15.3 Å². The molecule has 1 amide bonds. The molecule has 5 rings (SSSR count). The van der Waals surface area contributed by atoms with Crippen molar-refractivity contribution in [2.24, 2.45) is 0 Å². The van der Waals surface area contributed by atoms with E-state index >= 15 is 0 Å². The lowest BCUT2D eigenvalue weighted by Gasteiger charge is -2.18. The summed E-state index contributed by atoms with van der Waals surface area (Å²) in [5.74, 6) is 2.34. The summed E-state index contributed by atoms with van der Waals surface area (Å²) in [6, 6.07) is 13.9. The monoisotopic (exact) mass is 466 g/mol. The zero-order valence-corrected chi connectivity index (χ0v) is 19.5. The number of nitrogens with one attached hydrogen (secondary N) is 1. The van der Waals surface area contributed by atoms with Crippen LogP contribution in [-0.2, 0) is 4.79 Å². The number of aryl methyl sites for hydroxylation is 1. The molecule has 1 atom stereocenters. The molecule has 1 N–H and O–H groups in total. The van der Waals surface area contributed by atoms with Gasteiger partial charge in [-0.3, -0.25) is 4.79 Å². The van der Waals surface area contributed by atoms with Crippen LogP contribution < -0.4 is 14.8 Å². The molecule has 0 radical (unpaired) electrons. The zero-order valence-electron chi connectivity index (χ0n) is 17.9. The molecule has 2 aromatic carbocycles. The average molecular weight is 467 g/mol. The molecule has 1 aliphatic rings. The fraction of sp³-hybridized carbons (Fsp3) is 0.261. The van der Waals surface area contributed by atoms with Gasteiger partial charge in [0.2, 0.25) is 11.0 Å². The van der Waals surface area contributed by atoms with Gasteiger partial charge in [0.1, 0.15) is 5.82 Å². The Morgan fingerprint density at radius 1 is 1.22 bits per heavy atom. The van der Waals surface area contributed by atoms with E-state index in [1.54, 1.807) is 34.9 Å². The second kappa shape index (κ2) is 8.48. The van der Waals surface area contributed by atoms with Gasteiger partial charge in [-0.25, -0.2) is 4.98 Å². The van der Waals surface area contributed by atoms with E-state index in [-0.39, 0.29) is 11.2 Å². The second-order valence-corrected chi connectivity index (χ2v) is 9.41. The largest absolute Gasteiger partial charge is 0.493 e. The molecule has 1 aliphatic heterocycles. The minimum atomic E-state index is -0.0859. The van der Waals surface area contributed by atoms with Crippen molar-refractivity contribution in [1.29, 1.82) is 0 Å². The van der Waals surface area contributed by atoms with Gasteiger partial charge in [-0.05, 0) is 43.7 Å². The number of hydrogen-bond acceptors (Lipinski definition) is 7. The molecule has 4 aromatic rings. The number of benzene rings is 2. The highest BCUT2D eigenvalue weighted by molar-refractivity contribution is 8.00. The maximum absolute atomic E-state index is 12.6. The number of carbonyl (C=O) groups is 1. The number of ether oxygens (including phenoxy) is 2. The molecule has 3 heterocycles. The highest BCUT2D eigenvalue weighted by Gasteiger charge is 2.31. The van der Waals surface area contributed by atoms with Gasteiger partial charge in [-0.1, -0.05) is 29.5 Å². The minimum Gasteiger partial charge on any atom is -0.493 e. The predicted molar refractivity (Wildman–Crippen MR) is 129 cm³/mol. The van der Waals surface area contributed by atoms with Gasteiger partial charge < -0.3 is 14.8 Å². The van der Waals surface area contributed by atoms with Crippen molar-refractivity contribution in [2.75, 3.05) is 24.8 Å². The number of rotatable bonds is 5. The van der Waals surface area contributed by atoms with E-state index in [0.717, 1.165) is 32.2 Å². The van der Waals surface area contributed by atoms with Gasteiger partial charge in [0, 0.05) is 5.56 Å². The number of hydrogen-bond donors (Lipinski definition) is 1. The number of amides is 1. The molecule has 164 valence electrons. The van der Waals surface area contributed by atoms with Crippen LogP contribution in [0, 0.1) is 6.92 Å². The summed E-state index contributed by atoms with van der Waals surface area (Å²) >= 11 is 3.13. The Balaban J connectivity index is 1.65. The lowest BCUT2D eigenvalue weighted by atomic mass is 10.0. The topological polar surface area (TPSA) is 78.3 Å². The van der Waals surface area contributed by atoms with Crippen LogP contribution in [0.1, 0.15) is 29.0 Å². The first-order valence-corrected chi connectivity index (χ1v) is 12.1. The quantitative estimate of drug-likeness (QED) is 0.447. The number of aromatic nitrogens is 3. The van der Waals surface area contributed by atoms with Gasteiger partial charge in [0.25, 0.3) is 0 Å². The van der Waals surface area contributed by atoms with Crippen molar-refractivity contribution >= 4 is 45.0 Å². The first-order chi connectivity index (χ1) is 15.6. The molecule has 0 bridgehead atoms. The van der Waals surface area contributed by atoms with Crippen molar-refractivity contribution in [3.63, 3.8) is 0 Å². The summed E-state index contributed by atoms with van der Waals surface area (Å²) in [5.41, 5.74) is 3.78. The Bertz CT molecular complexity index is 1280. The van der Waals surface area contributed by atoms with E-state index in [1.807, 2.05) is 56.3 Å². The third-order valence-corrected chi connectivity index (χ3v) is 7.54. The molecular weight excluding hydrogens is 444 g/mol. The first-order valence-electron chi connectivity index (χ1n) is 10.3. The maximum atomic E-state index is 12.6. The van der Waals surface area contributed by atoms with Gasteiger partial charge in [0.05, 0.1) is 40.6 Å². The SMILES string of the molecule is CCOc1cc(C2SCC(=O)Nc3c2c(C)nn3-c2nc3ccccc3s2)ccc1OC. The van der Waals surface area contributed by atoms with Crippen molar-refractivity contribution in [3.8, 4) is 16.6 Å². The van der Waals surface area contributed by atoms with E-state index in [4.69, 9.17) is 19.6 Å². The number of nitrogens with zero attached hydrogens (tertiary/aromatic N) is 3. The summed E-state index contributed by atoms with van der Waals surface area (Å²) in [5, 5.41) is 8.49. The lowest BCUT2D eigenvalue weighted by molar-refractivity contribution is -0.113. The molecular formula is C23H22N4O3S2. The maximum Gasteiger partial charge on any atom is 0.235 e. The summed E-state index contributed by atoms with van der Waals surface area (Å²) in [7, 11) is 1.63. The van der Waals surface area contributed by atoms with Crippen LogP contribution >= 0.6 is 23.1 Å². The Morgan fingerprint density at radius 2 is 2.06 bits per heavy atom. The molecule has 32 heavy (non-hydrogen) atoms. The van der Waals surface area contributed by atoms with E-state index in [1.165, 1.54) is 0 Å². The van der Waals surface area contributed by atoms with E-state index < -0.39 is 0 Å². The fourth-order valence-electron chi connectivity index (χ4n) is 3.86. The predicted octanol–water partition coefficient (Wildman–Crippen LogP) is 4.97. The Labute approximate surface area is 193 Å². The number of thioether (sulfide) groups is 1.